The van der Waals surface area contributed by atoms with Gasteiger partial charge in [-0.05, 0) is 34.7 Å². The largest absolute Gasteiger partial charge is 0.478 e. The van der Waals surface area contributed by atoms with E-state index in [9.17, 15) is 14.7 Å². The molecule has 5 aromatic rings. The van der Waals surface area contributed by atoms with Crippen LogP contribution in [-0.2, 0) is 22.6 Å². The summed E-state index contributed by atoms with van der Waals surface area (Å²) >= 11 is 0. The summed E-state index contributed by atoms with van der Waals surface area (Å²) in [5, 5.41) is 11.4. The number of hydrogen-bond donors (Lipinski definition) is 1. The molecule has 0 unspecified atom stereocenters. The van der Waals surface area contributed by atoms with E-state index in [-0.39, 0.29) is 24.6 Å². The van der Waals surface area contributed by atoms with Gasteiger partial charge in [-0.2, -0.15) is 0 Å². The number of ether oxygens (including phenoxy) is 1. The molecular formula is C30H23NO4. The number of carboxylic acids is 1. The van der Waals surface area contributed by atoms with E-state index in [0.717, 1.165) is 22.3 Å². The fourth-order valence-corrected chi connectivity index (χ4v) is 4.38. The van der Waals surface area contributed by atoms with Crippen LogP contribution in [0, 0.1) is 0 Å². The highest BCUT2D eigenvalue weighted by atomic mass is 16.5. The highest BCUT2D eigenvalue weighted by Gasteiger charge is 2.21. The summed E-state index contributed by atoms with van der Waals surface area (Å²) in [4.78, 5) is 29.8. The molecule has 0 amide bonds. The predicted octanol–water partition coefficient (Wildman–Crippen LogP) is 6.43. The van der Waals surface area contributed by atoms with E-state index >= 15 is 0 Å². The van der Waals surface area contributed by atoms with E-state index in [0.29, 0.717) is 28.2 Å². The summed E-state index contributed by atoms with van der Waals surface area (Å²) in [5.41, 5.74) is 4.87. The number of esters is 1. The van der Waals surface area contributed by atoms with Gasteiger partial charge in [-0.15, -0.1) is 0 Å². The number of rotatable bonds is 7. The first-order valence-electron chi connectivity index (χ1n) is 11.4. The molecule has 0 saturated carbocycles. The summed E-state index contributed by atoms with van der Waals surface area (Å²) in [5.74, 6) is -1.32. The third kappa shape index (κ3) is 4.62. The highest BCUT2D eigenvalue weighted by molar-refractivity contribution is 6.18. The molecule has 0 bridgehead atoms. The zero-order valence-electron chi connectivity index (χ0n) is 19.0. The third-order valence-electron chi connectivity index (χ3n) is 6.06. The van der Waals surface area contributed by atoms with Crippen molar-refractivity contribution in [3.8, 4) is 11.1 Å². The van der Waals surface area contributed by atoms with Gasteiger partial charge < -0.3 is 9.84 Å². The number of para-hydroxylation sites is 1. The van der Waals surface area contributed by atoms with Gasteiger partial charge in [0.25, 0.3) is 0 Å². The molecule has 0 saturated heterocycles. The summed E-state index contributed by atoms with van der Waals surface area (Å²) in [6, 6.07) is 30.3. The quantitative estimate of drug-likeness (QED) is 0.223. The summed E-state index contributed by atoms with van der Waals surface area (Å²) in [7, 11) is 0. The van der Waals surface area contributed by atoms with Gasteiger partial charge in [-0.25, -0.2) is 9.78 Å². The van der Waals surface area contributed by atoms with Crippen molar-refractivity contribution >= 4 is 33.7 Å². The number of aryl methyl sites for hydroxylation is 1. The van der Waals surface area contributed by atoms with Gasteiger partial charge in [0.2, 0.25) is 0 Å². The summed E-state index contributed by atoms with van der Waals surface area (Å²) < 4.78 is 5.43. The van der Waals surface area contributed by atoms with Crippen LogP contribution in [0.25, 0.3) is 32.9 Å². The first-order valence-corrected chi connectivity index (χ1v) is 11.4. The predicted molar refractivity (Wildman–Crippen MR) is 136 cm³/mol. The first-order chi connectivity index (χ1) is 17.1. The van der Waals surface area contributed by atoms with Crippen LogP contribution in [-0.4, -0.2) is 22.0 Å². The zero-order chi connectivity index (χ0) is 24.2. The Hall–Kier alpha value is -4.51. The molecule has 0 aliphatic heterocycles. The molecule has 35 heavy (non-hydrogen) atoms. The fourth-order valence-electron chi connectivity index (χ4n) is 4.38. The smallest absolute Gasteiger partial charge is 0.337 e. The maximum atomic E-state index is 12.5. The second-order valence-electron chi connectivity index (χ2n) is 8.32. The lowest BCUT2D eigenvalue weighted by Gasteiger charge is -2.15. The number of benzene rings is 4. The van der Waals surface area contributed by atoms with Gasteiger partial charge in [0.05, 0.1) is 16.6 Å². The molecule has 0 atom stereocenters. The van der Waals surface area contributed by atoms with E-state index in [1.807, 2.05) is 91.0 Å². The topological polar surface area (TPSA) is 76.5 Å². The summed E-state index contributed by atoms with van der Waals surface area (Å²) in [6.07, 6.45) is 0.563. The normalized spacial score (nSPS) is 11.0. The molecule has 0 aliphatic rings. The van der Waals surface area contributed by atoms with Gasteiger partial charge in [-0.1, -0.05) is 91.0 Å². The van der Waals surface area contributed by atoms with Gasteiger partial charge in [-0.3, -0.25) is 4.79 Å². The molecule has 0 spiro atoms. The van der Waals surface area contributed by atoms with E-state index in [2.05, 4.69) is 0 Å². The van der Waals surface area contributed by atoms with E-state index in [1.165, 1.54) is 0 Å². The lowest BCUT2D eigenvalue weighted by molar-refractivity contribution is -0.144. The monoisotopic (exact) mass is 461 g/mol. The van der Waals surface area contributed by atoms with E-state index in [1.54, 1.807) is 6.07 Å². The number of fused-ring (bicyclic) bond motifs is 2. The molecule has 1 aromatic heterocycles. The first kappa shape index (κ1) is 22.3. The van der Waals surface area contributed by atoms with Crippen LogP contribution in [0.1, 0.15) is 27.9 Å². The van der Waals surface area contributed by atoms with Gasteiger partial charge in [0.1, 0.15) is 6.61 Å². The maximum Gasteiger partial charge on any atom is 0.337 e. The number of carboxylic acid groups (broad SMARTS) is 1. The van der Waals surface area contributed by atoms with Crippen LogP contribution in [0.3, 0.4) is 0 Å². The molecule has 4 aromatic carbocycles. The van der Waals surface area contributed by atoms with Crippen LogP contribution < -0.4 is 0 Å². The Bertz CT molecular complexity index is 1530. The van der Waals surface area contributed by atoms with Crippen LogP contribution in [0.15, 0.2) is 97.1 Å². The second kappa shape index (κ2) is 9.77. The van der Waals surface area contributed by atoms with E-state index < -0.39 is 5.97 Å². The Morgan fingerprint density at radius 3 is 2.23 bits per heavy atom. The fraction of sp³-hybridized carbons (Fsp3) is 0.100. The highest BCUT2D eigenvalue weighted by Crippen LogP contribution is 2.36. The van der Waals surface area contributed by atoms with Gasteiger partial charge in [0.15, 0.2) is 0 Å². The minimum absolute atomic E-state index is 0.170. The van der Waals surface area contributed by atoms with Crippen molar-refractivity contribution in [1.82, 2.24) is 4.98 Å². The molecule has 172 valence electrons. The Morgan fingerprint density at radius 2 is 1.49 bits per heavy atom. The molecule has 0 radical (unpaired) electrons. The van der Waals surface area contributed by atoms with Crippen molar-refractivity contribution in [3.05, 3.63) is 114 Å². The van der Waals surface area contributed by atoms with Gasteiger partial charge >= 0.3 is 11.9 Å². The van der Waals surface area contributed by atoms with Crippen molar-refractivity contribution in [2.24, 2.45) is 0 Å². The van der Waals surface area contributed by atoms with Crippen molar-refractivity contribution in [2.75, 3.05) is 0 Å². The minimum Gasteiger partial charge on any atom is -0.478 e. The number of nitrogens with zero attached hydrogens (tertiary/aromatic N) is 1. The lowest BCUT2D eigenvalue weighted by atomic mass is 9.91. The molecule has 0 aliphatic carbocycles. The van der Waals surface area contributed by atoms with Crippen molar-refractivity contribution < 1.29 is 19.4 Å². The molecule has 5 nitrogen and oxygen atoms in total. The zero-order valence-corrected chi connectivity index (χ0v) is 19.0. The number of pyridine rings is 1. The molecule has 5 heteroatoms. The van der Waals surface area contributed by atoms with Gasteiger partial charge in [0, 0.05) is 17.2 Å². The Labute approximate surface area is 202 Å². The standard InChI is InChI=1S/C30H23NO4/c32-26(35-19-20-9-3-1-4-10-20)18-16-22-15-17-23(21-11-5-2-6-12-21)27-28(30(33)34)24-13-7-8-14-25(24)31-29(22)27/h1-15,17H,16,18-19H2,(H,33,34). The molecule has 1 heterocycles. The molecule has 0 fully saturated rings. The Balaban J connectivity index is 1.56. The number of carbonyl (C=O) groups is 2. The third-order valence-corrected chi connectivity index (χ3v) is 6.06. The minimum atomic E-state index is -1.01. The van der Waals surface area contributed by atoms with Crippen LogP contribution in [0.2, 0.25) is 0 Å². The van der Waals surface area contributed by atoms with Crippen LogP contribution in [0.4, 0.5) is 0 Å². The van der Waals surface area contributed by atoms with Crippen molar-refractivity contribution in [1.29, 1.82) is 0 Å². The second-order valence-corrected chi connectivity index (χ2v) is 8.32. The van der Waals surface area contributed by atoms with Crippen molar-refractivity contribution in [2.45, 2.75) is 19.4 Å². The lowest BCUT2D eigenvalue weighted by Crippen LogP contribution is -2.07. The number of aromatic carboxylic acids is 1. The maximum absolute atomic E-state index is 12.5. The van der Waals surface area contributed by atoms with Crippen LogP contribution in [0.5, 0.6) is 0 Å². The molecule has 5 rings (SSSR count). The Morgan fingerprint density at radius 1 is 0.800 bits per heavy atom. The Kier molecular flexibility index (Phi) is 6.22. The molecule has 1 N–H and O–H groups in total. The average molecular weight is 462 g/mol. The SMILES string of the molecule is O=C(CCc1ccc(-c2ccccc2)c2c(C(=O)O)c3ccccc3nc12)OCc1ccccc1. The number of aromatic nitrogens is 1. The average Bonchev–Trinajstić information content (AvgIpc) is 2.90. The molecular weight excluding hydrogens is 438 g/mol. The summed E-state index contributed by atoms with van der Waals surface area (Å²) in [6.45, 7) is 0.222. The number of carbonyl (C=O) groups excluding carboxylic acids is 1. The van der Waals surface area contributed by atoms with Crippen LogP contribution >= 0.6 is 0 Å². The van der Waals surface area contributed by atoms with E-state index in [4.69, 9.17) is 9.72 Å². The van der Waals surface area contributed by atoms with Crippen molar-refractivity contribution in [3.63, 3.8) is 0 Å². The number of hydrogen-bond acceptors (Lipinski definition) is 4.